The summed E-state index contributed by atoms with van der Waals surface area (Å²) >= 11 is 0. The Hall–Kier alpha value is -0.810. The lowest BCUT2D eigenvalue weighted by Gasteiger charge is -2.41. The highest BCUT2D eigenvalue weighted by Crippen LogP contribution is 2.28. The van der Waals surface area contributed by atoms with E-state index in [0.29, 0.717) is 18.9 Å². The van der Waals surface area contributed by atoms with E-state index < -0.39 is 0 Å². The number of hydrogen-bond donors (Lipinski definition) is 1. The second kappa shape index (κ2) is 9.62. The SMILES string of the molecule is Cl.O=C(CCC1CCCCC1)N1CCCC(N2CCNCC2=O)C1. The molecular weight excluding hydrogens is 326 g/mol. The first-order chi connectivity index (χ1) is 11.2. The number of nitrogens with zero attached hydrogens (tertiary/aromatic N) is 2. The summed E-state index contributed by atoms with van der Waals surface area (Å²) in [7, 11) is 0. The van der Waals surface area contributed by atoms with Gasteiger partial charge in [0.05, 0.1) is 6.54 Å². The van der Waals surface area contributed by atoms with Gasteiger partial charge in [0.25, 0.3) is 0 Å². The Morgan fingerprint density at radius 2 is 1.88 bits per heavy atom. The van der Waals surface area contributed by atoms with Gasteiger partial charge in [-0.1, -0.05) is 32.1 Å². The van der Waals surface area contributed by atoms with E-state index in [-0.39, 0.29) is 24.4 Å². The number of carbonyl (C=O) groups excluding carboxylic acids is 2. The Kier molecular flexibility index (Phi) is 7.82. The minimum Gasteiger partial charge on any atom is -0.341 e. The number of piperazine rings is 1. The second-order valence-electron chi connectivity index (χ2n) is 7.44. The van der Waals surface area contributed by atoms with Gasteiger partial charge in [-0.2, -0.15) is 0 Å². The van der Waals surface area contributed by atoms with Gasteiger partial charge in [-0.25, -0.2) is 0 Å². The average molecular weight is 358 g/mol. The standard InChI is InChI=1S/C18H31N3O2.ClH/c22-17(9-8-15-5-2-1-3-6-15)20-11-4-7-16(14-20)21-12-10-19-13-18(21)23;/h15-16,19H,1-14H2;1H. The first kappa shape index (κ1) is 19.5. The molecule has 0 aromatic rings. The predicted molar refractivity (Wildman–Crippen MR) is 97.2 cm³/mol. The number of carbonyl (C=O) groups is 2. The van der Waals surface area contributed by atoms with Crippen molar-refractivity contribution in [2.45, 2.75) is 63.8 Å². The van der Waals surface area contributed by atoms with E-state index in [1.165, 1.54) is 32.1 Å². The maximum absolute atomic E-state index is 12.6. The van der Waals surface area contributed by atoms with Crippen molar-refractivity contribution in [2.24, 2.45) is 5.92 Å². The van der Waals surface area contributed by atoms with Crippen molar-refractivity contribution in [1.29, 1.82) is 0 Å². The van der Waals surface area contributed by atoms with Gasteiger partial charge in [0.15, 0.2) is 0 Å². The van der Waals surface area contributed by atoms with Gasteiger partial charge in [0, 0.05) is 38.6 Å². The number of likely N-dealkylation sites (tertiary alicyclic amines) is 1. The van der Waals surface area contributed by atoms with Crippen LogP contribution >= 0.6 is 12.4 Å². The zero-order valence-electron chi connectivity index (χ0n) is 14.7. The molecular formula is C18H32ClN3O2. The topological polar surface area (TPSA) is 52.7 Å². The summed E-state index contributed by atoms with van der Waals surface area (Å²) in [4.78, 5) is 28.6. The highest BCUT2D eigenvalue weighted by molar-refractivity contribution is 5.85. The van der Waals surface area contributed by atoms with Crippen LogP contribution in [0.3, 0.4) is 0 Å². The Bertz CT molecular complexity index is 426. The summed E-state index contributed by atoms with van der Waals surface area (Å²) in [5, 5.41) is 3.12. The molecule has 138 valence electrons. The minimum absolute atomic E-state index is 0. The number of amides is 2. The molecule has 0 radical (unpaired) electrons. The Balaban J connectivity index is 0.00000208. The molecule has 3 fully saturated rings. The lowest BCUT2D eigenvalue weighted by molar-refractivity contribution is -0.140. The van der Waals surface area contributed by atoms with Gasteiger partial charge in [-0.15, -0.1) is 12.4 Å². The Morgan fingerprint density at radius 3 is 2.62 bits per heavy atom. The van der Waals surface area contributed by atoms with E-state index in [4.69, 9.17) is 0 Å². The van der Waals surface area contributed by atoms with Crippen LogP contribution in [0.25, 0.3) is 0 Å². The summed E-state index contributed by atoms with van der Waals surface area (Å²) in [6.45, 7) is 3.73. The van der Waals surface area contributed by atoms with Gasteiger partial charge >= 0.3 is 0 Å². The largest absolute Gasteiger partial charge is 0.341 e. The molecule has 0 bridgehead atoms. The zero-order valence-corrected chi connectivity index (χ0v) is 15.5. The van der Waals surface area contributed by atoms with Crippen LogP contribution in [0.2, 0.25) is 0 Å². The molecule has 3 rings (SSSR count). The van der Waals surface area contributed by atoms with E-state index in [2.05, 4.69) is 5.32 Å². The third-order valence-electron chi connectivity index (χ3n) is 5.81. The van der Waals surface area contributed by atoms with Gasteiger partial charge in [-0.05, 0) is 25.2 Å². The summed E-state index contributed by atoms with van der Waals surface area (Å²) in [5.41, 5.74) is 0. The van der Waals surface area contributed by atoms with Crippen molar-refractivity contribution in [3.05, 3.63) is 0 Å². The third-order valence-corrected chi connectivity index (χ3v) is 5.81. The monoisotopic (exact) mass is 357 g/mol. The second-order valence-corrected chi connectivity index (χ2v) is 7.44. The summed E-state index contributed by atoms with van der Waals surface area (Å²) < 4.78 is 0. The molecule has 2 heterocycles. The molecule has 3 aliphatic rings. The summed E-state index contributed by atoms with van der Waals surface area (Å²) in [6, 6.07) is 0.233. The van der Waals surface area contributed by atoms with Crippen molar-refractivity contribution in [2.75, 3.05) is 32.7 Å². The number of nitrogens with one attached hydrogen (secondary N) is 1. The lowest BCUT2D eigenvalue weighted by atomic mass is 9.86. The van der Waals surface area contributed by atoms with E-state index in [1.54, 1.807) is 0 Å². The van der Waals surface area contributed by atoms with Crippen LogP contribution < -0.4 is 5.32 Å². The third kappa shape index (κ3) is 5.09. The van der Waals surface area contributed by atoms with Crippen molar-refractivity contribution in [1.82, 2.24) is 15.1 Å². The fraction of sp³-hybridized carbons (Fsp3) is 0.889. The van der Waals surface area contributed by atoms with Crippen LogP contribution in [0.5, 0.6) is 0 Å². The predicted octanol–water partition coefficient (Wildman–Crippen LogP) is 2.19. The number of halogens is 1. The number of hydrogen-bond acceptors (Lipinski definition) is 3. The van der Waals surface area contributed by atoms with Crippen molar-refractivity contribution >= 4 is 24.2 Å². The first-order valence-electron chi connectivity index (χ1n) is 9.52. The van der Waals surface area contributed by atoms with E-state index >= 15 is 0 Å². The smallest absolute Gasteiger partial charge is 0.236 e. The molecule has 1 unspecified atom stereocenters. The fourth-order valence-corrected chi connectivity index (χ4v) is 4.40. The molecule has 2 saturated heterocycles. The molecule has 2 amide bonds. The van der Waals surface area contributed by atoms with E-state index in [9.17, 15) is 9.59 Å². The maximum Gasteiger partial charge on any atom is 0.236 e. The highest BCUT2D eigenvalue weighted by Gasteiger charge is 2.31. The molecule has 0 spiro atoms. The molecule has 1 aliphatic carbocycles. The summed E-state index contributed by atoms with van der Waals surface area (Å²) in [5.74, 6) is 1.27. The molecule has 5 nitrogen and oxygen atoms in total. The number of piperidine rings is 1. The van der Waals surface area contributed by atoms with Gasteiger partial charge in [-0.3, -0.25) is 9.59 Å². The van der Waals surface area contributed by atoms with Crippen LogP contribution in [-0.4, -0.2) is 60.4 Å². The van der Waals surface area contributed by atoms with E-state index in [0.717, 1.165) is 51.4 Å². The van der Waals surface area contributed by atoms with Gasteiger partial charge < -0.3 is 15.1 Å². The van der Waals surface area contributed by atoms with Gasteiger partial charge in [0.1, 0.15) is 0 Å². The van der Waals surface area contributed by atoms with Crippen LogP contribution in [0.1, 0.15) is 57.8 Å². The Labute approximate surface area is 151 Å². The molecule has 2 aliphatic heterocycles. The van der Waals surface area contributed by atoms with Crippen LogP contribution in [-0.2, 0) is 9.59 Å². The molecule has 1 saturated carbocycles. The van der Waals surface area contributed by atoms with Crippen molar-refractivity contribution in [3.8, 4) is 0 Å². The number of rotatable bonds is 4. The molecule has 6 heteroatoms. The van der Waals surface area contributed by atoms with Gasteiger partial charge in [0.2, 0.25) is 11.8 Å². The zero-order chi connectivity index (χ0) is 16.1. The van der Waals surface area contributed by atoms with Crippen LogP contribution in [0.4, 0.5) is 0 Å². The average Bonchev–Trinajstić information content (AvgIpc) is 2.61. The fourth-order valence-electron chi connectivity index (χ4n) is 4.40. The lowest BCUT2D eigenvalue weighted by Crippen LogP contribution is -2.57. The molecule has 1 N–H and O–H groups in total. The van der Waals surface area contributed by atoms with E-state index in [1.807, 2.05) is 9.80 Å². The normalized spacial score (nSPS) is 26.2. The first-order valence-corrected chi connectivity index (χ1v) is 9.52. The molecule has 0 aromatic heterocycles. The molecule has 0 aromatic carbocycles. The molecule has 1 atom stereocenters. The van der Waals surface area contributed by atoms with Crippen molar-refractivity contribution in [3.63, 3.8) is 0 Å². The molecule has 24 heavy (non-hydrogen) atoms. The van der Waals surface area contributed by atoms with Crippen molar-refractivity contribution < 1.29 is 9.59 Å². The van der Waals surface area contributed by atoms with Crippen LogP contribution in [0, 0.1) is 5.92 Å². The summed E-state index contributed by atoms with van der Waals surface area (Å²) in [6.07, 6.45) is 10.5. The maximum atomic E-state index is 12.6. The Morgan fingerprint density at radius 1 is 1.08 bits per heavy atom. The highest BCUT2D eigenvalue weighted by atomic mass is 35.5. The quantitative estimate of drug-likeness (QED) is 0.839. The van der Waals surface area contributed by atoms with Crippen LogP contribution in [0.15, 0.2) is 0 Å². The minimum atomic E-state index is 0.